The van der Waals surface area contributed by atoms with Gasteiger partial charge in [0, 0.05) is 5.39 Å². The fourth-order valence-corrected chi connectivity index (χ4v) is 3.32. The number of carbonyl (C=O) groups is 1. The van der Waals surface area contributed by atoms with E-state index >= 15 is 0 Å². The molecule has 0 spiro atoms. The summed E-state index contributed by atoms with van der Waals surface area (Å²) in [6, 6.07) is 10.8. The minimum absolute atomic E-state index is 0.217. The van der Waals surface area contributed by atoms with Gasteiger partial charge in [-0.25, -0.2) is 0 Å². The van der Waals surface area contributed by atoms with Gasteiger partial charge in [0.25, 0.3) is 5.91 Å². The van der Waals surface area contributed by atoms with Crippen LogP contribution < -0.4 is 24.3 Å². The Morgan fingerprint density at radius 2 is 1.60 bits per heavy atom. The molecule has 1 atom stereocenters. The van der Waals surface area contributed by atoms with E-state index in [9.17, 15) is 4.79 Å². The first-order valence-electron chi connectivity index (χ1n) is 9.48. The number of benzene rings is 2. The number of ether oxygens (including phenoxy) is 4. The highest BCUT2D eigenvalue weighted by molar-refractivity contribution is 5.99. The Morgan fingerprint density at radius 1 is 0.933 bits per heavy atom. The maximum absolute atomic E-state index is 13.0. The van der Waals surface area contributed by atoms with Crippen molar-refractivity contribution in [2.45, 2.75) is 19.9 Å². The van der Waals surface area contributed by atoms with Crippen LogP contribution in [-0.2, 0) is 0 Å². The van der Waals surface area contributed by atoms with Gasteiger partial charge in [0.05, 0.1) is 51.3 Å². The van der Waals surface area contributed by atoms with Crippen molar-refractivity contribution in [2.24, 2.45) is 0 Å². The zero-order chi connectivity index (χ0) is 21.8. The molecular weight excluding hydrogens is 384 g/mol. The second kappa shape index (κ2) is 8.90. The number of pyridine rings is 1. The van der Waals surface area contributed by atoms with Gasteiger partial charge in [0.15, 0.2) is 11.5 Å². The maximum Gasteiger partial charge on any atom is 0.253 e. The van der Waals surface area contributed by atoms with E-state index in [1.165, 1.54) is 0 Å². The fourth-order valence-electron chi connectivity index (χ4n) is 3.32. The Labute approximate surface area is 175 Å². The molecule has 158 valence electrons. The second-order valence-electron chi connectivity index (χ2n) is 6.83. The zero-order valence-electron chi connectivity index (χ0n) is 18.0. The van der Waals surface area contributed by atoms with E-state index in [2.05, 4.69) is 10.3 Å². The molecule has 0 aliphatic rings. The zero-order valence-corrected chi connectivity index (χ0v) is 18.0. The highest BCUT2D eigenvalue weighted by Gasteiger charge is 2.19. The summed E-state index contributed by atoms with van der Waals surface area (Å²) in [6.45, 7) is 3.72. The van der Waals surface area contributed by atoms with Crippen molar-refractivity contribution in [3.63, 3.8) is 0 Å². The van der Waals surface area contributed by atoms with Gasteiger partial charge in [-0.2, -0.15) is 0 Å². The highest BCUT2D eigenvalue weighted by Crippen LogP contribution is 2.39. The third kappa shape index (κ3) is 4.10. The summed E-state index contributed by atoms with van der Waals surface area (Å²) in [5, 5.41) is 3.86. The Bertz CT molecular complexity index is 1060. The average molecular weight is 410 g/mol. The van der Waals surface area contributed by atoms with E-state index in [0.29, 0.717) is 34.3 Å². The number of hydrogen-bond donors (Lipinski definition) is 1. The number of rotatable bonds is 7. The van der Waals surface area contributed by atoms with Gasteiger partial charge in [0.2, 0.25) is 5.75 Å². The van der Waals surface area contributed by atoms with E-state index in [4.69, 9.17) is 18.9 Å². The Morgan fingerprint density at radius 3 is 2.17 bits per heavy atom. The highest BCUT2D eigenvalue weighted by atomic mass is 16.5. The van der Waals surface area contributed by atoms with Gasteiger partial charge in [-0.05, 0) is 55.8 Å². The fraction of sp³-hybridized carbons (Fsp3) is 0.304. The number of fused-ring (bicyclic) bond motifs is 1. The maximum atomic E-state index is 13.0. The molecule has 0 bridgehead atoms. The molecule has 7 nitrogen and oxygen atoms in total. The summed E-state index contributed by atoms with van der Waals surface area (Å²) in [5.41, 5.74) is 2.80. The van der Waals surface area contributed by atoms with Crippen LogP contribution in [0, 0.1) is 6.92 Å². The van der Waals surface area contributed by atoms with Crippen molar-refractivity contribution in [1.82, 2.24) is 10.3 Å². The van der Waals surface area contributed by atoms with Crippen molar-refractivity contribution in [2.75, 3.05) is 28.4 Å². The predicted octanol–water partition coefficient (Wildman–Crippen LogP) is 4.07. The second-order valence-corrected chi connectivity index (χ2v) is 6.83. The van der Waals surface area contributed by atoms with Crippen LogP contribution in [0.3, 0.4) is 0 Å². The van der Waals surface area contributed by atoms with E-state index in [1.807, 2.05) is 50.2 Å². The van der Waals surface area contributed by atoms with Crippen LogP contribution in [0.2, 0.25) is 0 Å². The lowest BCUT2D eigenvalue weighted by Gasteiger charge is -2.19. The minimum atomic E-state index is -0.299. The monoisotopic (exact) mass is 410 g/mol. The Balaban J connectivity index is 1.91. The molecule has 0 radical (unpaired) electrons. The number of amides is 1. The van der Waals surface area contributed by atoms with E-state index in [1.54, 1.807) is 28.4 Å². The summed E-state index contributed by atoms with van der Waals surface area (Å²) >= 11 is 0. The van der Waals surface area contributed by atoms with Crippen LogP contribution >= 0.6 is 0 Å². The molecule has 0 saturated heterocycles. The summed E-state index contributed by atoms with van der Waals surface area (Å²) < 4.78 is 21.5. The number of aryl methyl sites for hydroxylation is 1. The first kappa shape index (κ1) is 21.2. The SMILES string of the molecule is COc1ccc2nc(C)c(C(=O)N[C@H](C)c3cc(OC)c(OC)c(OC)c3)cc2c1. The summed E-state index contributed by atoms with van der Waals surface area (Å²) in [5.74, 6) is 2.06. The quantitative estimate of drug-likeness (QED) is 0.633. The topological polar surface area (TPSA) is 78.9 Å². The molecule has 7 heteroatoms. The first-order chi connectivity index (χ1) is 14.4. The number of hydrogen-bond acceptors (Lipinski definition) is 6. The Hall–Kier alpha value is -3.48. The van der Waals surface area contributed by atoms with Crippen molar-refractivity contribution < 1.29 is 23.7 Å². The number of methoxy groups -OCH3 is 4. The van der Waals surface area contributed by atoms with Crippen molar-refractivity contribution in [1.29, 1.82) is 0 Å². The van der Waals surface area contributed by atoms with Crippen LogP contribution in [0.5, 0.6) is 23.0 Å². The molecule has 1 N–H and O–H groups in total. The van der Waals surface area contributed by atoms with E-state index in [-0.39, 0.29) is 11.9 Å². The summed E-state index contributed by atoms with van der Waals surface area (Å²) in [6.07, 6.45) is 0. The van der Waals surface area contributed by atoms with Gasteiger partial charge in [-0.3, -0.25) is 9.78 Å². The van der Waals surface area contributed by atoms with Crippen LogP contribution in [-0.4, -0.2) is 39.3 Å². The van der Waals surface area contributed by atoms with Crippen molar-refractivity contribution in [3.8, 4) is 23.0 Å². The molecule has 1 amide bonds. The summed E-state index contributed by atoms with van der Waals surface area (Å²) in [7, 11) is 6.27. The van der Waals surface area contributed by atoms with Crippen LogP contribution in [0.25, 0.3) is 10.9 Å². The number of carbonyl (C=O) groups excluding carboxylic acids is 1. The Kier molecular flexibility index (Phi) is 6.30. The number of nitrogens with zero attached hydrogens (tertiary/aromatic N) is 1. The van der Waals surface area contributed by atoms with Gasteiger partial charge in [0.1, 0.15) is 5.75 Å². The van der Waals surface area contributed by atoms with Crippen molar-refractivity contribution in [3.05, 3.63) is 53.2 Å². The van der Waals surface area contributed by atoms with Gasteiger partial charge < -0.3 is 24.3 Å². The standard InChI is InChI=1S/C23H26N2O5/c1-13(15-11-20(28-4)22(30-6)21(12-15)29-5)25-23(26)18-10-16-9-17(27-3)7-8-19(16)24-14(18)2/h7-13H,1-6H3,(H,25,26)/t13-/m1/s1. The van der Waals surface area contributed by atoms with E-state index in [0.717, 1.165) is 16.5 Å². The molecule has 0 aliphatic heterocycles. The molecule has 1 heterocycles. The number of nitrogens with one attached hydrogen (secondary N) is 1. The smallest absolute Gasteiger partial charge is 0.253 e. The van der Waals surface area contributed by atoms with E-state index < -0.39 is 0 Å². The first-order valence-corrected chi connectivity index (χ1v) is 9.48. The molecule has 3 rings (SSSR count). The normalized spacial score (nSPS) is 11.7. The van der Waals surface area contributed by atoms with Crippen LogP contribution in [0.4, 0.5) is 0 Å². The molecule has 0 saturated carbocycles. The van der Waals surface area contributed by atoms with Crippen LogP contribution in [0.15, 0.2) is 36.4 Å². The lowest BCUT2D eigenvalue weighted by atomic mass is 10.0. The average Bonchev–Trinajstić information content (AvgIpc) is 2.76. The molecule has 3 aromatic rings. The summed E-state index contributed by atoms with van der Waals surface area (Å²) in [4.78, 5) is 17.6. The molecule has 0 fully saturated rings. The number of aromatic nitrogens is 1. The van der Waals surface area contributed by atoms with Gasteiger partial charge in [-0.15, -0.1) is 0 Å². The van der Waals surface area contributed by atoms with Crippen molar-refractivity contribution >= 4 is 16.8 Å². The molecular formula is C23H26N2O5. The lowest BCUT2D eigenvalue weighted by Crippen LogP contribution is -2.27. The minimum Gasteiger partial charge on any atom is -0.497 e. The third-order valence-corrected chi connectivity index (χ3v) is 4.99. The molecule has 1 aromatic heterocycles. The van der Waals surface area contributed by atoms with Crippen LogP contribution in [0.1, 0.15) is 34.6 Å². The predicted molar refractivity (Wildman–Crippen MR) is 115 cm³/mol. The molecule has 2 aromatic carbocycles. The molecule has 0 aliphatic carbocycles. The lowest BCUT2D eigenvalue weighted by molar-refractivity contribution is 0.0939. The largest absolute Gasteiger partial charge is 0.497 e. The van der Waals surface area contributed by atoms with Gasteiger partial charge >= 0.3 is 0 Å². The molecule has 30 heavy (non-hydrogen) atoms. The third-order valence-electron chi connectivity index (χ3n) is 4.99. The molecule has 0 unspecified atom stereocenters. The van der Waals surface area contributed by atoms with Gasteiger partial charge in [-0.1, -0.05) is 0 Å².